The van der Waals surface area contributed by atoms with Crippen molar-refractivity contribution in [2.45, 2.75) is 31.8 Å². The highest BCUT2D eigenvalue weighted by atomic mass is 35.5. The molecule has 1 aliphatic rings. The molecule has 0 aromatic heterocycles. The molecule has 1 N–H and O–H groups in total. The number of ether oxygens (including phenoxy) is 1. The highest BCUT2D eigenvalue weighted by Crippen LogP contribution is 2.36. The summed E-state index contributed by atoms with van der Waals surface area (Å²) < 4.78 is 5.05. The van der Waals surface area contributed by atoms with E-state index in [0.717, 1.165) is 23.4 Å². The van der Waals surface area contributed by atoms with Crippen molar-refractivity contribution in [1.82, 2.24) is 5.32 Å². The zero-order valence-corrected chi connectivity index (χ0v) is 10.6. The van der Waals surface area contributed by atoms with Crippen LogP contribution < -0.4 is 5.32 Å². The molecule has 2 rings (SSSR count). The first-order valence-corrected chi connectivity index (χ1v) is 6.21. The molecule has 0 saturated heterocycles. The molecule has 0 atom stereocenters. The summed E-state index contributed by atoms with van der Waals surface area (Å²) >= 11 is 5.81. The predicted octanol–water partition coefficient (Wildman–Crippen LogP) is 2.53. The molecule has 17 heavy (non-hydrogen) atoms. The number of esters is 1. The maximum Gasteiger partial charge on any atom is 0.326 e. The van der Waals surface area contributed by atoms with Gasteiger partial charge in [0.2, 0.25) is 0 Å². The predicted molar refractivity (Wildman–Crippen MR) is 66.9 cm³/mol. The lowest BCUT2D eigenvalue weighted by Crippen LogP contribution is -2.40. The number of halogens is 1. The molecule has 1 aromatic rings. The van der Waals surface area contributed by atoms with Gasteiger partial charge in [0.25, 0.3) is 0 Å². The van der Waals surface area contributed by atoms with Gasteiger partial charge in [0.1, 0.15) is 5.54 Å². The van der Waals surface area contributed by atoms with Gasteiger partial charge in [-0.05, 0) is 37.5 Å². The molecule has 0 spiro atoms. The molecule has 1 fully saturated rings. The Bertz CT molecular complexity index is 398. The average Bonchev–Trinajstić information content (AvgIpc) is 3.10. The van der Waals surface area contributed by atoms with Gasteiger partial charge in [-0.3, -0.25) is 10.1 Å². The Morgan fingerprint density at radius 1 is 1.41 bits per heavy atom. The van der Waals surface area contributed by atoms with E-state index in [1.54, 1.807) is 0 Å². The highest BCUT2D eigenvalue weighted by molar-refractivity contribution is 6.30. The molecular weight excluding hydrogens is 238 g/mol. The summed E-state index contributed by atoms with van der Waals surface area (Å²) in [5, 5.41) is 4.00. The molecule has 92 valence electrons. The summed E-state index contributed by atoms with van der Waals surface area (Å²) in [6, 6.07) is 7.61. The summed E-state index contributed by atoms with van der Waals surface area (Å²) in [5.41, 5.74) is 0.681. The quantitative estimate of drug-likeness (QED) is 0.820. The van der Waals surface area contributed by atoms with Gasteiger partial charge in [-0.1, -0.05) is 23.7 Å². The molecule has 0 radical (unpaired) electrons. The molecule has 0 heterocycles. The molecule has 0 amide bonds. The van der Waals surface area contributed by atoms with Crippen LogP contribution >= 0.6 is 11.6 Å². The monoisotopic (exact) mass is 253 g/mol. The first-order valence-electron chi connectivity index (χ1n) is 5.83. The van der Waals surface area contributed by atoms with Crippen molar-refractivity contribution in [3.05, 3.63) is 34.9 Å². The van der Waals surface area contributed by atoms with Crippen LogP contribution in [0.4, 0.5) is 0 Å². The van der Waals surface area contributed by atoms with Crippen LogP contribution in [0.25, 0.3) is 0 Å². The molecule has 0 unspecified atom stereocenters. The minimum atomic E-state index is -0.435. The van der Waals surface area contributed by atoms with E-state index >= 15 is 0 Å². The largest absolute Gasteiger partial charge is 0.465 e. The summed E-state index contributed by atoms with van der Waals surface area (Å²) in [7, 11) is 0. The molecular formula is C13H16ClNO2. The molecule has 0 aliphatic heterocycles. The van der Waals surface area contributed by atoms with E-state index in [0.29, 0.717) is 13.2 Å². The summed E-state index contributed by atoms with van der Waals surface area (Å²) in [6.45, 7) is 2.92. The Labute approximate surface area is 106 Å². The number of hydrogen-bond acceptors (Lipinski definition) is 3. The number of carbonyl (C=O) groups excluding carboxylic acids is 1. The zero-order valence-electron chi connectivity index (χ0n) is 9.83. The van der Waals surface area contributed by atoms with Crippen LogP contribution in [0.5, 0.6) is 0 Å². The molecule has 0 bridgehead atoms. The van der Waals surface area contributed by atoms with E-state index in [-0.39, 0.29) is 5.97 Å². The number of hydrogen-bond donors (Lipinski definition) is 1. The lowest BCUT2D eigenvalue weighted by Gasteiger charge is -2.15. The van der Waals surface area contributed by atoms with Crippen LogP contribution in [0.3, 0.4) is 0 Å². The van der Waals surface area contributed by atoms with Crippen molar-refractivity contribution in [2.24, 2.45) is 0 Å². The summed E-state index contributed by atoms with van der Waals surface area (Å²) in [5.74, 6) is -0.131. The van der Waals surface area contributed by atoms with E-state index < -0.39 is 5.54 Å². The number of rotatable bonds is 5. The lowest BCUT2D eigenvalue weighted by atomic mass is 10.2. The van der Waals surface area contributed by atoms with Crippen molar-refractivity contribution >= 4 is 17.6 Å². The van der Waals surface area contributed by atoms with Gasteiger partial charge in [-0.2, -0.15) is 0 Å². The molecule has 1 saturated carbocycles. The van der Waals surface area contributed by atoms with Crippen molar-refractivity contribution < 1.29 is 9.53 Å². The van der Waals surface area contributed by atoms with Crippen LogP contribution in [0, 0.1) is 0 Å². The molecule has 3 nitrogen and oxygen atoms in total. The summed E-state index contributed by atoms with van der Waals surface area (Å²) in [4.78, 5) is 11.7. The standard InChI is InChI=1S/C13H16ClNO2/c1-2-17-12(16)13(7-8-13)15-9-10-3-5-11(14)6-4-10/h3-6,15H,2,7-9H2,1H3. The lowest BCUT2D eigenvalue weighted by molar-refractivity contribution is -0.147. The topological polar surface area (TPSA) is 38.3 Å². The minimum absolute atomic E-state index is 0.131. The third-order valence-corrected chi connectivity index (χ3v) is 3.21. The minimum Gasteiger partial charge on any atom is -0.465 e. The first kappa shape index (κ1) is 12.4. The molecule has 1 aliphatic carbocycles. The SMILES string of the molecule is CCOC(=O)C1(NCc2ccc(Cl)cc2)CC1. The third-order valence-electron chi connectivity index (χ3n) is 2.96. The van der Waals surface area contributed by atoms with Gasteiger partial charge in [0, 0.05) is 11.6 Å². The van der Waals surface area contributed by atoms with Crippen LogP contribution in [0.1, 0.15) is 25.3 Å². The Balaban J connectivity index is 1.90. The Morgan fingerprint density at radius 3 is 2.59 bits per heavy atom. The highest BCUT2D eigenvalue weighted by Gasteiger charge is 2.50. The average molecular weight is 254 g/mol. The Hall–Kier alpha value is -1.06. The van der Waals surface area contributed by atoms with Crippen molar-refractivity contribution in [3.8, 4) is 0 Å². The van der Waals surface area contributed by atoms with E-state index in [1.807, 2.05) is 31.2 Å². The van der Waals surface area contributed by atoms with Gasteiger partial charge in [-0.15, -0.1) is 0 Å². The van der Waals surface area contributed by atoms with Crippen LogP contribution in [-0.4, -0.2) is 18.1 Å². The second-order valence-electron chi connectivity index (χ2n) is 4.28. The zero-order chi connectivity index (χ0) is 12.3. The summed E-state index contributed by atoms with van der Waals surface area (Å²) in [6.07, 6.45) is 1.72. The third kappa shape index (κ3) is 2.99. The Morgan fingerprint density at radius 2 is 2.06 bits per heavy atom. The maximum absolute atomic E-state index is 11.7. The number of benzene rings is 1. The van der Waals surface area contributed by atoms with E-state index in [1.165, 1.54) is 0 Å². The fourth-order valence-corrected chi connectivity index (χ4v) is 1.85. The smallest absolute Gasteiger partial charge is 0.326 e. The van der Waals surface area contributed by atoms with E-state index in [9.17, 15) is 4.79 Å². The Kier molecular flexibility index (Phi) is 3.69. The maximum atomic E-state index is 11.7. The van der Waals surface area contributed by atoms with Gasteiger partial charge >= 0.3 is 5.97 Å². The van der Waals surface area contributed by atoms with Gasteiger partial charge < -0.3 is 4.74 Å². The second kappa shape index (κ2) is 5.07. The molecule has 4 heteroatoms. The number of nitrogens with one attached hydrogen (secondary N) is 1. The van der Waals surface area contributed by atoms with Crippen molar-refractivity contribution in [1.29, 1.82) is 0 Å². The van der Waals surface area contributed by atoms with E-state index in [2.05, 4.69) is 5.32 Å². The normalized spacial score (nSPS) is 16.6. The van der Waals surface area contributed by atoms with Crippen LogP contribution in [-0.2, 0) is 16.1 Å². The fourth-order valence-electron chi connectivity index (χ4n) is 1.72. The van der Waals surface area contributed by atoms with Gasteiger partial charge in [0.05, 0.1) is 6.61 Å². The first-order chi connectivity index (χ1) is 8.16. The van der Waals surface area contributed by atoms with Crippen molar-refractivity contribution in [2.75, 3.05) is 6.61 Å². The van der Waals surface area contributed by atoms with Crippen LogP contribution in [0.15, 0.2) is 24.3 Å². The van der Waals surface area contributed by atoms with Gasteiger partial charge in [0.15, 0.2) is 0 Å². The van der Waals surface area contributed by atoms with Gasteiger partial charge in [-0.25, -0.2) is 0 Å². The van der Waals surface area contributed by atoms with Crippen LogP contribution in [0.2, 0.25) is 5.02 Å². The fraction of sp³-hybridized carbons (Fsp3) is 0.462. The number of carbonyl (C=O) groups is 1. The van der Waals surface area contributed by atoms with E-state index in [4.69, 9.17) is 16.3 Å². The van der Waals surface area contributed by atoms with Crippen molar-refractivity contribution in [3.63, 3.8) is 0 Å². The molecule has 1 aromatic carbocycles. The second-order valence-corrected chi connectivity index (χ2v) is 4.72.